The molecule has 7 nitrogen and oxygen atoms in total. The maximum absolute atomic E-state index is 14.3. The van der Waals surface area contributed by atoms with Crippen molar-refractivity contribution in [3.05, 3.63) is 89.2 Å². The van der Waals surface area contributed by atoms with E-state index in [0.717, 1.165) is 5.56 Å². The van der Waals surface area contributed by atoms with Gasteiger partial charge in [0, 0.05) is 28.0 Å². The second kappa shape index (κ2) is 9.88. The average molecular weight is 501 g/mol. The average Bonchev–Trinajstić information content (AvgIpc) is 3.23. The molecule has 4 aromatic rings. The third-order valence-corrected chi connectivity index (χ3v) is 6.25. The lowest BCUT2D eigenvalue weighted by molar-refractivity contribution is -0.112. The lowest BCUT2D eigenvalue weighted by Gasteiger charge is -2.28. The van der Waals surface area contributed by atoms with Crippen molar-refractivity contribution < 1.29 is 27.4 Å². The minimum atomic E-state index is -2.91. The minimum Gasteiger partial charge on any atom is -0.460 e. The van der Waals surface area contributed by atoms with E-state index < -0.39 is 18.7 Å². The number of aromatic nitrogens is 3. The molecule has 11 heteroatoms. The van der Waals surface area contributed by atoms with Crippen LogP contribution in [0.3, 0.4) is 0 Å². The first-order valence-electron chi connectivity index (χ1n) is 10.5. The molecule has 0 amide bonds. The highest BCUT2D eigenvalue weighted by Gasteiger charge is 2.25. The van der Waals surface area contributed by atoms with E-state index >= 15 is 0 Å². The molecular weight excluding hydrogens is 481 g/mol. The Kier molecular flexibility index (Phi) is 6.51. The normalized spacial score (nSPS) is 15.0. The van der Waals surface area contributed by atoms with E-state index in [1.54, 1.807) is 12.1 Å². The van der Waals surface area contributed by atoms with E-state index in [0.29, 0.717) is 39.2 Å². The van der Waals surface area contributed by atoms with E-state index in [4.69, 9.17) is 15.3 Å². The fraction of sp³-hybridized carbons (Fsp3) is 0.167. The fourth-order valence-corrected chi connectivity index (χ4v) is 4.48. The van der Waals surface area contributed by atoms with Crippen molar-refractivity contribution in [2.75, 3.05) is 5.84 Å². The smallest absolute Gasteiger partial charge is 0.387 e. The van der Waals surface area contributed by atoms with Crippen LogP contribution >= 0.6 is 11.8 Å². The molecule has 3 aromatic carbocycles. The quantitative estimate of drug-likeness (QED) is 0.272. The summed E-state index contributed by atoms with van der Waals surface area (Å²) in [5, 5.41) is 8.60. The molecule has 1 atom stereocenters. The van der Waals surface area contributed by atoms with Crippen LogP contribution in [0.5, 0.6) is 11.5 Å². The van der Waals surface area contributed by atoms with Crippen LogP contribution in [0.4, 0.5) is 13.2 Å². The van der Waals surface area contributed by atoms with Gasteiger partial charge in [-0.25, -0.2) is 9.07 Å². The standard InChI is InChI=1S/C24H19F3N4O3S/c25-18-10-16-12-32-22(15-4-2-1-3-5-15)34-20(16)17(11-18)13-35-24-30-29-21(31(24)28)14-6-8-19(9-7-14)33-23(26)27/h1-11,22-23H,12-13,28H2/t22-/m1/s1. The number of halogens is 3. The summed E-state index contributed by atoms with van der Waals surface area (Å²) in [5.41, 5.74) is 2.68. The summed E-state index contributed by atoms with van der Waals surface area (Å²) in [6.07, 6.45) is -0.598. The summed E-state index contributed by atoms with van der Waals surface area (Å²) in [5.74, 6) is 7.03. The van der Waals surface area contributed by atoms with E-state index in [1.807, 2.05) is 30.3 Å². The number of nitrogens with zero attached hydrogens (tertiary/aromatic N) is 3. The highest BCUT2D eigenvalue weighted by Crippen LogP contribution is 2.39. The predicted molar refractivity (Wildman–Crippen MR) is 123 cm³/mol. The lowest BCUT2D eigenvalue weighted by atomic mass is 10.1. The van der Waals surface area contributed by atoms with Crippen molar-refractivity contribution in [2.45, 2.75) is 30.4 Å². The third-order valence-electron chi connectivity index (χ3n) is 5.25. The summed E-state index contributed by atoms with van der Waals surface area (Å²) in [7, 11) is 0. The van der Waals surface area contributed by atoms with Gasteiger partial charge in [-0.1, -0.05) is 42.1 Å². The molecule has 2 heterocycles. The van der Waals surface area contributed by atoms with Crippen LogP contribution in [-0.2, 0) is 17.1 Å². The SMILES string of the molecule is Nn1c(SCc2cc(F)cc3c2O[C@H](c2ccccc2)OC3)nnc1-c1ccc(OC(F)F)cc1. The topological polar surface area (TPSA) is 84.4 Å². The van der Waals surface area contributed by atoms with Gasteiger partial charge in [0.1, 0.15) is 17.3 Å². The molecule has 1 aliphatic heterocycles. The molecule has 0 saturated carbocycles. The molecule has 0 fully saturated rings. The molecule has 2 N–H and O–H groups in total. The van der Waals surface area contributed by atoms with Crippen LogP contribution in [0.1, 0.15) is 23.0 Å². The first kappa shape index (κ1) is 23.1. The number of nitrogen functional groups attached to an aromatic ring is 1. The number of thioether (sulfide) groups is 1. The van der Waals surface area contributed by atoms with Crippen molar-refractivity contribution in [3.63, 3.8) is 0 Å². The van der Waals surface area contributed by atoms with E-state index in [-0.39, 0.29) is 12.4 Å². The number of fused-ring (bicyclic) bond motifs is 1. The molecule has 35 heavy (non-hydrogen) atoms. The first-order valence-corrected chi connectivity index (χ1v) is 11.5. The molecule has 0 spiro atoms. The molecule has 5 rings (SSSR count). The number of hydrogen-bond donors (Lipinski definition) is 1. The molecule has 1 aromatic heterocycles. The van der Waals surface area contributed by atoms with Gasteiger partial charge >= 0.3 is 6.61 Å². The largest absolute Gasteiger partial charge is 0.460 e. The molecule has 0 saturated heterocycles. The molecule has 0 aliphatic carbocycles. The molecule has 1 aliphatic rings. The highest BCUT2D eigenvalue weighted by atomic mass is 32.2. The summed E-state index contributed by atoms with van der Waals surface area (Å²) in [6, 6.07) is 18.2. The second-order valence-corrected chi connectivity index (χ2v) is 8.53. The summed E-state index contributed by atoms with van der Waals surface area (Å²) >= 11 is 1.26. The monoisotopic (exact) mass is 500 g/mol. The molecule has 180 valence electrons. The number of hydrogen-bond acceptors (Lipinski definition) is 7. The third kappa shape index (κ3) is 5.05. The number of benzene rings is 3. The fourth-order valence-electron chi connectivity index (χ4n) is 3.66. The maximum atomic E-state index is 14.3. The number of nitrogens with two attached hydrogens (primary N) is 1. The Bertz CT molecular complexity index is 1320. The lowest BCUT2D eigenvalue weighted by Crippen LogP contribution is -2.19. The van der Waals surface area contributed by atoms with Crippen LogP contribution in [0.2, 0.25) is 0 Å². The van der Waals surface area contributed by atoms with Gasteiger partial charge in [-0.3, -0.25) is 0 Å². The molecule has 0 radical (unpaired) electrons. The zero-order valence-corrected chi connectivity index (χ0v) is 18.9. The summed E-state index contributed by atoms with van der Waals surface area (Å²) in [6.45, 7) is -2.69. The molecule has 0 unspecified atom stereocenters. The minimum absolute atomic E-state index is 0.0232. The van der Waals surface area contributed by atoms with Gasteiger partial charge in [-0.2, -0.15) is 8.78 Å². The van der Waals surface area contributed by atoms with E-state index in [2.05, 4.69) is 14.9 Å². The van der Waals surface area contributed by atoms with Crippen LogP contribution in [0, 0.1) is 5.82 Å². The maximum Gasteiger partial charge on any atom is 0.387 e. The Labute approximate surface area is 202 Å². The Morgan fingerprint density at radius 1 is 1.09 bits per heavy atom. The highest BCUT2D eigenvalue weighted by molar-refractivity contribution is 7.98. The van der Waals surface area contributed by atoms with Crippen molar-refractivity contribution in [1.29, 1.82) is 0 Å². The Morgan fingerprint density at radius 2 is 1.86 bits per heavy atom. The number of ether oxygens (including phenoxy) is 3. The summed E-state index contributed by atoms with van der Waals surface area (Å²) in [4.78, 5) is 0. The van der Waals surface area contributed by atoms with Gasteiger partial charge < -0.3 is 20.1 Å². The van der Waals surface area contributed by atoms with Gasteiger partial charge in [0.05, 0.1) is 6.61 Å². The summed E-state index contributed by atoms with van der Waals surface area (Å²) < 4.78 is 56.5. The predicted octanol–water partition coefficient (Wildman–Crippen LogP) is 5.30. The van der Waals surface area contributed by atoms with E-state index in [1.165, 1.54) is 40.7 Å². The van der Waals surface area contributed by atoms with Gasteiger partial charge in [-0.15, -0.1) is 10.2 Å². The number of rotatable bonds is 7. The van der Waals surface area contributed by atoms with Crippen molar-refractivity contribution in [1.82, 2.24) is 14.9 Å². The van der Waals surface area contributed by atoms with Crippen molar-refractivity contribution >= 4 is 11.8 Å². The van der Waals surface area contributed by atoms with Crippen molar-refractivity contribution in [3.8, 4) is 22.9 Å². The Hall–Kier alpha value is -3.70. The number of alkyl halides is 2. The van der Waals surface area contributed by atoms with Crippen LogP contribution < -0.4 is 15.3 Å². The van der Waals surface area contributed by atoms with Crippen LogP contribution in [-0.4, -0.2) is 21.5 Å². The van der Waals surface area contributed by atoms with Gasteiger partial charge in [-0.05, 0) is 36.4 Å². The first-order chi connectivity index (χ1) is 17.0. The van der Waals surface area contributed by atoms with Crippen LogP contribution in [0.15, 0.2) is 71.9 Å². The second-order valence-electron chi connectivity index (χ2n) is 7.59. The Balaban J connectivity index is 1.33. The van der Waals surface area contributed by atoms with Crippen molar-refractivity contribution in [2.24, 2.45) is 0 Å². The zero-order valence-electron chi connectivity index (χ0n) is 18.1. The van der Waals surface area contributed by atoms with Gasteiger partial charge in [0.2, 0.25) is 11.4 Å². The van der Waals surface area contributed by atoms with Gasteiger partial charge in [0.15, 0.2) is 5.82 Å². The van der Waals surface area contributed by atoms with Crippen LogP contribution in [0.25, 0.3) is 11.4 Å². The zero-order chi connectivity index (χ0) is 24.4. The Morgan fingerprint density at radius 3 is 2.60 bits per heavy atom. The van der Waals surface area contributed by atoms with E-state index in [9.17, 15) is 13.2 Å². The van der Waals surface area contributed by atoms with Gasteiger partial charge in [0.25, 0.3) is 0 Å². The molecule has 0 bridgehead atoms. The molecular formula is C24H19F3N4O3S.